The van der Waals surface area contributed by atoms with E-state index in [9.17, 15) is 21.6 Å². The Morgan fingerprint density at radius 1 is 0.688 bits per heavy atom. The summed E-state index contributed by atoms with van der Waals surface area (Å²) in [5.74, 6) is 0. The predicted octanol–water partition coefficient (Wildman–Crippen LogP) is 7.48. The van der Waals surface area contributed by atoms with Gasteiger partial charge in [-0.05, 0) is 57.1 Å². The lowest BCUT2D eigenvalue weighted by Gasteiger charge is -2.38. The summed E-state index contributed by atoms with van der Waals surface area (Å²) in [5, 5.41) is 1.79. The lowest BCUT2D eigenvalue weighted by atomic mass is 10.1. The second kappa shape index (κ2) is 8.74. The zero-order chi connectivity index (χ0) is 22.8. The fourth-order valence-corrected chi connectivity index (χ4v) is 9.67. The number of hydrogen-bond acceptors (Lipinski definition) is 4. The molecule has 0 saturated carbocycles. The zero-order valence-corrected chi connectivity index (χ0v) is 18.8. The summed E-state index contributed by atoms with van der Waals surface area (Å²) in [6.45, 7) is 0. The van der Waals surface area contributed by atoms with Gasteiger partial charge < -0.3 is 0 Å². The Kier molecular flexibility index (Phi) is 6.17. The van der Waals surface area contributed by atoms with E-state index in [1.807, 2.05) is 30.3 Å². The van der Waals surface area contributed by atoms with Crippen molar-refractivity contribution < 1.29 is 25.2 Å². The number of rotatable bonds is 6. The van der Waals surface area contributed by atoms with Gasteiger partial charge in [-0.1, -0.05) is 66.7 Å². The minimum Gasteiger partial charge on any atom is -0.199 e. The number of halogens is 3. The van der Waals surface area contributed by atoms with Crippen LogP contribution in [0, 0.1) is 0 Å². The molecule has 0 amide bonds. The second-order valence-corrected chi connectivity index (χ2v) is 12.3. The van der Waals surface area contributed by atoms with Crippen LogP contribution in [0.25, 0.3) is 11.1 Å². The lowest BCUT2D eigenvalue weighted by Crippen LogP contribution is -2.27. The summed E-state index contributed by atoms with van der Waals surface area (Å²) in [5.41, 5.74) is -3.93. The van der Waals surface area contributed by atoms with E-state index in [4.69, 9.17) is 3.63 Å². The quantitative estimate of drug-likeness (QED) is 0.261. The van der Waals surface area contributed by atoms with E-state index < -0.39 is 25.9 Å². The number of hydrogen-bond donors (Lipinski definition) is 0. The fraction of sp³-hybridized carbons (Fsp3) is 0.0435. The molecule has 0 radical (unpaired) electrons. The van der Waals surface area contributed by atoms with Crippen LogP contribution >= 0.6 is 21.6 Å². The van der Waals surface area contributed by atoms with Gasteiger partial charge in [0.2, 0.25) is 0 Å². The van der Waals surface area contributed by atoms with E-state index in [1.54, 1.807) is 72.1 Å². The molecule has 1 aromatic heterocycles. The van der Waals surface area contributed by atoms with Gasteiger partial charge in [0, 0.05) is 9.79 Å². The van der Waals surface area contributed by atoms with E-state index >= 15 is 0 Å². The van der Waals surface area contributed by atoms with Gasteiger partial charge in [-0.3, -0.25) is 0 Å². The molecule has 0 saturated heterocycles. The standard InChI is InChI=1S/C23H17F3O3S3/c24-23(25,26)32(27,28)29-31(20-12-6-2-7-13-20,21-14-8-3-9-15-21)22-16-19(17-30-22)18-10-4-1-5-11-18/h1-17H. The predicted molar refractivity (Wildman–Crippen MR) is 121 cm³/mol. The molecule has 0 aliphatic carbocycles. The molecule has 3 aromatic carbocycles. The maximum absolute atomic E-state index is 13.5. The van der Waals surface area contributed by atoms with E-state index in [2.05, 4.69) is 0 Å². The van der Waals surface area contributed by atoms with Crippen molar-refractivity contribution in [2.75, 3.05) is 0 Å². The first-order valence-corrected chi connectivity index (χ1v) is 13.2. The zero-order valence-electron chi connectivity index (χ0n) is 16.4. The molecule has 9 heteroatoms. The van der Waals surface area contributed by atoms with Gasteiger partial charge in [0.1, 0.15) is 0 Å². The Morgan fingerprint density at radius 3 is 1.62 bits per heavy atom. The van der Waals surface area contributed by atoms with Crippen LogP contribution in [0.15, 0.2) is 116 Å². The van der Waals surface area contributed by atoms with Crippen LogP contribution in [0.5, 0.6) is 0 Å². The third-order valence-corrected chi connectivity index (χ3v) is 11.0. The highest BCUT2D eigenvalue weighted by Crippen LogP contribution is 2.72. The van der Waals surface area contributed by atoms with Crippen molar-refractivity contribution in [2.45, 2.75) is 19.5 Å². The average molecular weight is 495 g/mol. The highest BCUT2D eigenvalue weighted by Gasteiger charge is 2.52. The van der Waals surface area contributed by atoms with Crippen molar-refractivity contribution in [1.29, 1.82) is 0 Å². The molecule has 0 atom stereocenters. The molecular weight excluding hydrogens is 477 g/mol. The Bertz CT molecular complexity index is 1250. The molecule has 0 aliphatic heterocycles. The van der Waals surface area contributed by atoms with Gasteiger partial charge >= 0.3 is 15.6 Å². The Labute approximate surface area is 189 Å². The Balaban J connectivity index is 2.01. The maximum Gasteiger partial charge on any atom is 0.524 e. The third kappa shape index (κ3) is 4.21. The normalized spacial score (nSPS) is 13.1. The Morgan fingerprint density at radius 2 is 1.16 bits per heavy atom. The van der Waals surface area contributed by atoms with Crippen LogP contribution in [0.4, 0.5) is 13.2 Å². The second-order valence-electron chi connectivity index (χ2n) is 6.67. The van der Waals surface area contributed by atoms with Gasteiger partial charge in [-0.15, -0.1) is 11.3 Å². The topological polar surface area (TPSA) is 43.4 Å². The van der Waals surface area contributed by atoms with Crippen LogP contribution in [-0.4, -0.2) is 13.9 Å². The van der Waals surface area contributed by atoms with Crippen molar-refractivity contribution >= 4 is 31.8 Å². The first-order valence-electron chi connectivity index (χ1n) is 9.34. The SMILES string of the molecule is O=S(=O)(OS(c1ccccc1)(c1ccccc1)c1cc(-c2ccccc2)cs1)C(F)(F)F. The molecule has 0 N–H and O–H groups in total. The van der Waals surface area contributed by atoms with Gasteiger partial charge in [0.05, 0.1) is 4.21 Å². The maximum atomic E-state index is 13.5. The van der Waals surface area contributed by atoms with Crippen molar-refractivity contribution in [2.24, 2.45) is 0 Å². The van der Waals surface area contributed by atoms with Crippen LogP contribution in [0.2, 0.25) is 0 Å². The van der Waals surface area contributed by atoms with Crippen molar-refractivity contribution in [3.8, 4) is 11.1 Å². The average Bonchev–Trinajstić information content (AvgIpc) is 3.29. The molecular formula is C23H17F3O3S3. The minimum absolute atomic E-state index is 0.348. The lowest BCUT2D eigenvalue weighted by molar-refractivity contribution is -0.0496. The van der Waals surface area contributed by atoms with Crippen molar-refractivity contribution in [3.63, 3.8) is 0 Å². The highest BCUT2D eigenvalue weighted by molar-refractivity contribution is 8.34. The van der Waals surface area contributed by atoms with Gasteiger partial charge in [-0.25, -0.2) is 0 Å². The van der Waals surface area contributed by atoms with Crippen LogP contribution in [0.1, 0.15) is 0 Å². The van der Waals surface area contributed by atoms with Gasteiger partial charge in [0.25, 0.3) is 0 Å². The Hall–Kier alpha value is -2.59. The first-order chi connectivity index (χ1) is 15.2. The molecule has 0 unspecified atom stereocenters. The number of thiophene rings is 1. The van der Waals surface area contributed by atoms with Crippen LogP contribution in [-0.2, 0) is 13.7 Å². The van der Waals surface area contributed by atoms with Crippen molar-refractivity contribution in [3.05, 3.63) is 102 Å². The largest absolute Gasteiger partial charge is 0.524 e. The monoisotopic (exact) mass is 494 g/mol. The highest BCUT2D eigenvalue weighted by atomic mass is 32.3. The first kappa shape index (κ1) is 22.6. The number of alkyl halides is 3. The van der Waals surface area contributed by atoms with E-state index in [-0.39, 0.29) is 0 Å². The van der Waals surface area contributed by atoms with E-state index in [0.29, 0.717) is 14.0 Å². The molecule has 0 aliphatic rings. The van der Waals surface area contributed by atoms with Gasteiger partial charge in [-0.2, -0.15) is 25.2 Å². The molecule has 1 heterocycles. The molecule has 4 rings (SSSR count). The van der Waals surface area contributed by atoms with Crippen molar-refractivity contribution in [1.82, 2.24) is 0 Å². The third-order valence-electron chi connectivity index (χ3n) is 4.59. The smallest absolute Gasteiger partial charge is 0.199 e. The molecule has 0 spiro atoms. The summed E-state index contributed by atoms with van der Waals surface area (Å²) in [7, 11) is -9.16. The minimum atomic E-state index is -5.91. The molecule has 166 valence electrons. The van der Waals surface area contributed by atoms with E-state index in [1.165, 1.54) is 11.3 Å². The summed E-state index contributed by atoms with van der Waals surface area (Å²) in [4.78, 5) is 0.695. The summed E-state index contributed by atoms with van der Waals surface area (Å²) >= 11 is 1.17. The fourth-order valence-electron chi connectivity index (χ4n) is 3.13. The summed E-state index contributed by atoms with van der Waals surface area (Å²) < 4.78 is 70.8. The molecule has 32 heavy (non-hydrogen) atoms. The van der Waals surface area contributed by atoms with Crippen LogP contribution < -0.4 is 0 Å². The summed E-state index contributed by atoms with van der Waals surface area (Å²) in [6.07, 6.45) is 0. The summed E-state index contributed by atoms with van der Waals surface area (Å²) in [6, 6.07) is 27.4. The van der Waals surface area contributed by atoms with E-state index in [0.717, 1.165) is 11.1 Å². The van der Waals surface area contributed by atoms with Gasteiger partial charge in [0.15, 0.2) is 0 Å². The van der Waals surface area contributed by atoms with Crippen LogP contribution in [0.3, 0.4) is 0 Å². The molecule has 0 bridgehead atoms. The molecule has 0 fully saturated rings. The number of benzene rings is 3. The molecule has 3 nitrogen and oxygen atoms in total. The molecule has 4 aromatic rings.